The van der Waals surface area contributed by atoms with Gasteiger partial charge in [0.15, 0.2) is 0 Å². The highest BCUT2D eigenvalue weighted by Gasteiger charge is 2.26. The number of rotatable bonds is 3. The predicted octanol–water partition coefficient (Wildman–Crippen LogP) is 1.69. The number of pyridine rings is 1. The second-order valence-corrected chi connectivity index (χ2v) is 6.81. The molecule has 5 heteroatoms. The molecule has 1 fully saturated rings. The number of thioether (sulfide) groups is 1. The van der Waals surface area contributed by atoms with Gasteiger partial charge in [0.05, 0.1) is 0 Å². The molecule has 0 aromatic carbocycles. The maximum Gasteiger partial charge on any atom is 0.140 e. The molecule has 94 valence electrons. The fourth-order valence-electron chi connectivity index (χ4n) is 2.16. The fourth-order valence-corrected chi connectivity index (χ4v) is 3.33. The van der Waals surface area contributed by atoms with Crippen molar-refractivity contribution in [2.75, 3.05) is 24.3 Å². The van der Waals surface area contributed by atoms with Crippen molar-refractivity contribution >= 4 is 17.6 Å². The van der Waals surface area contributed by atoms with Crippen LogP contribution in [0.3, 0.4) is 0 Å². The highest BCUT2D eigenvalue weighted by Crippen LogP contribution is 2.30. The fraction of sp³-hybridized carbons (Fsp3) is 0.583. The third kappa shape index (κ3) is 3.59. The van der Waals surface area contributed by atoms with E-state index >= 15 is 0 Å². The lowest BCUT2D eigenvalue weighted by Crippen LogP contribution is -2.42. The van der Waals surface area contributed by atoms with Crippen LogP contribution < -0.4 is 11.3 Å². The Morgan fingerprint density at radius 1 is 1.59 bits per heavy atom. The normalized spacial score (nSPS) is 20.2. The van der Waals surface area contributed by atoms with E-state index in [1.54, 1.807) is 6.20 Å². The van der Waals surface area contributed by atoms with E-state index in [0.717, 1.165) is 25.5 Å². The van der Waals surface area contributed by atoms with Crippen LogP contribution in [0.5, 0.6) is 0 Å². The first kappa shape index (κ1) is 12.7. The minimum absolute atomic E-state index is 0.361. The van der Waals surface area contributed by atoms with Crippen molar-refractivity contribution in [3.8, 4) is 0 Å². The lowest BCUT2D eigenvalue weighted by atomic mass is 10.1. The van der Waals surface area contributed by atoms with Gasteiger partial charge in [-0.25, -0.2) is 10.8 Å². The number of aromatic nitrogens is 1. The van der Waals surface area contributed by atoms with Crippen molar-refractivity contribution in [1.82, 2.24) is 9.88 Å². The van der Waals surface area contributed by atoms with Gasteiger partial charge in [0.1, 0.15) is 5.82 Å². The number of nitrogen functional groups attached to an aromatic ring is 1. The topological polar surface area (TPSA) is 54.2 Å². The second-order valence-electron chi connectivity index (χ2n) is 5.01. The van der Waals surface area contributed by atoms with Gasteiger partial charge < -0.3 is 5.43 Å². The Kier molecular flexibility index (Phi) is 3.91. The highest BCUT2D eigenvalue weighted by molar-refractivity contribution is 8.00. The molecule has 1 aliphatic heterocycles. The summed E-state index contributed by atoms with van der Waals surface area (Å²) >= 11 is 2.06. The van der Waals surface area contributed by atoms with Crippen LogP contribution in [0, 0.1) is 0 Å². The molecule has 1 saturated heterocycles. The minimum atomic E-state index is 0.361. The van der Waals surface area contributed by atoms with Crippen molar-refractivity contribution in [2.45, 2.75) is 25.1 Å². The molecule has 0 atom stereocenters. The summed E-state index contributed by atoms with van der Waals surface area (Å²) in [6.07, 6.45) is 1.80. The molecule has 2 rings (SSSR count). The average molecular weight is 252 g/mol. The van der Waals surface area contributed by atoms with E-state index in [9.17, 15) is 0 Å². The number of hydrazine groups is 1. The summed E-state index contributed by atoms with van der Waals surface area (Å²) in [5.41, 5.74) is 3.85. The molecule has 0 unspecified atom stereocenters. The second kappa shape index (κ2) is 5.25. The highest BCUT2D eigenvalue weighted by atomic mass is 32.2. The van der Waals surface area contributed by atoms with E-state index in [-0.39, 0.29) is 0 Å². The molecule has 1 aromatic rings. The Bertz CT molecular complexity index is 381. The number of nitrogens with two attached hydrogens (primary N) is 1. The molecule has 1 aliphatic rings. The summed E-state index contributed by atoms with van der Waals surface area (Å²) in [4.78, 5) is 6.61. The molecule has 1 aromatic heterocycles. The Balaban J connectivity index is 2.00. The summed E-state index contributed by atoms with van der Waals surface area (Å²) in [5, 5.41) is 0. The molecule has 0 spiro atoms. The standard InChI is InChI=1S/C12H20N4S/c1-12(2)9-16(5-6-17-12)8-10-3-4-14-11(7-10)15-13/h3-4,7H,5-6,8-9,13H2,1-2H3,(H,14,15). The monoisotopic (exact) mass is 252 g/mol. The van der Waals surface area contributed by atoms with Crippen LogP contribution in [-0.2, 0) is 6.54 Å². The summed E-state index contributed by atoms with van der Waals surface area (Å²) in [6.45, 7) is 7.88. The van der Waals surface area contributed by atoms with Crippen molar-refractivity contribution in [1.29, 1.82) is 0 Å². The van der Waals surface area contributed by atoms with Gasteiger partial charge in [-0.3, -0.25) is 4.90 Å². The van der Waals surface area contributed by atoms with Gasteiger partial charge in [0.25, 0.3) is 0 Å². The van der Waals surface area contributed by atoms with Gasteiger partial charge >= 0.3 is 0 Å². The number of anilines is 1. The summed E-state index contributed by atoms with van der Waals surface area (Å²) in [5.74, 6) is 7.30. The SMILES string of the molecule is CC1(C)CN(Cc2ccnc(NN)c2)CCS1. The zero-order valence-corrected chi connectivity index (χ0v) is 11.3. The van der Waals surface area contributed by atoms with E-state index in [1.807, 2.05) is 6.07 Å². The van der Waals surface area contributed by atoms with Gasteiger partial charge in [-0.1, -0.05) is 0 Å². The van der Waals surface area contributed by atoms with E-state index < -0.39 is 0 Å². The van der Waals surface area contributed by atoms with Crippen molar-refractivity contribution in [3.05, 3.63) is 23.9 Å². The molecular formula is C12H20N4S. The van der Waals surface area contributed by atoms with Crippen LogP contribution in [0.1, 0.15) is 19.4 Å². The van der Waals surface area contributed by atoms with E-state index in [4.69, 9.17) is 5.84 Å². The summed E-state index contributed by atoms with van der Waals surface area (Å²) in [6, 6.07) is 4.06. The minimum Gasteiger partial charge on any atom is -0.308 e. The molecule has 0 amide bonds. The molecule has 0 aliphatic carbocycles. The lowest BCUT2D eigenvalue weighted by Gasteiger charge is -2.37. The number of nitrogens with one attached hydrogen (secondary N) is 1. The molecule has 4 nitrogen and oxygen atoms in total. The Hall–Kier alpha value is -0.780. The summed E-state index contributed by atoms with van der Waals surface area (Å²) in [7, 11) is 0. The van der Waals surface area contributed by atoms with Gasteiger partial charge in [0, 0.05) is 36.3 Å². The number of nitrogens with zero attached hydrogens (tertiary/aromatic N) is 2. The predicted molar refractivity (Wildman–Crippen MR) is 73.9 cm³/mol. The van der Waals surface area contributed by atoms with Crippen LogP contribution >= 0.6 is 11.8 Å². The van der Waals surface area contributed by atoms with Crippen molar-refractivity contribution in [3.63, 3.8) is 0 Å². The average Bonchev–Trinajstić information content (AvgIpc) is 2.28. The molecular weight excluding hydrogens is 232 g/mol. The maximum atomic E-state index is 5.37. The third-order valence-corrected chi connectivity index (χ3v) is 4.18. The van der Waals surface area contributed by atoms with Crippen LogP contribution in [0.4, 0.5) is 5.82 Å². The van der Waals surface area contributed by atoms with Gasteiger partial charge in [-0.2, -0.15) is 11.8 Å². The van der Waals surface area contributed by atoms with Crippen LogP contribution in [0.25, 0.3) is 0 Å². The first-order chi connectivity index (χ1) is 8.09. The number of hydrogen-bond donors (Lipinski definition) is 2. The molecule has 0 bridgehead atoms. The van der Waals surface area contributed by atoms with Gasteiger partial charge in [0.2, 0.25) is 0 Å². The maximum absolute atomic E-state index is 5.37. The molecule has 0 radical (unpaired) electrons. The van der Waals surface area contributed by atoms with Gasteiger partial charge in [-0.15, -0.1) is 0 Å². The van der Waals surface area contributed by atoms with Crippen LogP contribution in [0.2, 0.25) is 0 Å². The zero-order valence-electron chi connectivity index (χ0n) is 10.4. The lowest BCUT2D eigenvalue weighted by molar-refractivity contribution is 0.252. The van der Waals surface area contributed by atoms with Crippen LogP contribution in [0.15, 0.2) is 18.3 Å². The molecule has 17 heavy (non-hydrogen) atoms. The zero-order chi connectivity index (χ0) is 12.3. The first-order valence-corrected chi connectivity index (χ1v) is 6.85. The van der Waals surface area contributed by atoms with E-state index in [2.05, 4.69) is 47.0 Å². The smallest absolute Gasteiger partial charge is 0.140 e. The largest absolute Gasteiger partial charge is 0.308 e. The molecule has 3 N–H and O–H groups in total. The first-order valence-electron chi connectivity index (χ1n) is 5.87. The Labute approximate surface area is 107 Å². The van der Waals surface area contributed by atoms with Gasteiger partial charge in [-0.05, 0) is 31.5 Å². The van der Waals surface area contributed by atoms with E-state index in [0.29, 0.717) is 4.75 Å². The molecule has 0 saturated carbocycles. The van der Waals surface area contributed by atoms with Crippen LogP contribution in [-0.4, -0.2) is 33.5 Å². The quantitative estimate of drug-likeness (QED) is 0.633. The van der Waals surface area contributed by atoms with Crippen molar-refractivity contribution in [2.24, 2.45) is 5.84 Å². The Morgan fingerprint density at radius 3 is 3.12 bits per heavy atom. The van der Waals surface area contributed by atoms with E-state index in [1.165, 1.54) is 11.3 Å². The summed E-state index contributed by atoms with van der Waals surface area (Å²) < 4.78 is 0.361. The number of hydrogen-bond acceptors (Lipinski definition) is 5. The third-order valence-electron chi connectivity index (χ3n) is 2.88. The Morgan fingerprint density at radius 2 is 2.41 bits per heavy atom. The molecule has 2 heterocycles. The van der Waals surface area contributed by atoms with Crippen molar-refractivity contribution < 1.29 is 0 Å².